The smallest absolute Gasteiger partial charge is 0.222 e. The lowest BCUT2D eigenvalue weighted by atomic mass is 10.1. The third kappa shape index (κ3) is 2.89. The van der Waals surface area contributed by atoms with Crippen LogP contribution in [0.15, 0.2) is 28.7 Å². The van der Waals surface area contributed by atoms with Crippen molar-refractivity contribution in [2.75, 3.05) is 11.5 Å². The molecule has 1 aromatic carbocycles. The molecule has 1 heterocycles. The van der Waals surface area contributed by atoms with Gasteiger partial charge in [-0.1, -0.05) is 12.1 Å². The standard InChI is InChI=1S/C12H13BrN4O/c13-10-9(16-12(15)17-11(10)14)6-3-7-1-4-8(18)5-2-7/h1-2,4-5,18H,3,6H2,(H4,14,15,16,17). The van der Waals surface area contributed by atoms with Gasteiger partial charge in [0.15, 0.2) is 0 Å². The van der Waals surface area contributed by atoms with Crippen molar-refractivity contribution in [2.45, 2.75) is 12.8 Å². The average Bonchev–Trinajstić information content (AvgIpc) is 2.34. The first-order valence-corrected chi connectivity index (χ1v) is 6.21. The Labute approximate surface area is 113 Å². The van der Waals surface area contributed by atoms with Crippen LogP contribution >= 0.6 is 15.9 Å². The van der Waals surface area contributed by atoms with Crippen LogP contribution in [0.5, 0.6) is 5.75 Å². The summed E-state index contributed by atoms with van der Waals surface area (Å²) in [6.45, 7) is 0. The molecule has 2 aromatic rings. The number of phenols is 1. The van der Waals surface area contributed by atoms with Crippen molar-refractivity contribution in [2.24, 2.45) is 0 Å². The maximum Gasteiger partial charge on any atom is 0.222 e. The van der Waals surface area contributed by atoms with Crippen LogP contribution in [0.2, 0.25) is 0 Å². The third-order valence-electron chi connectivity index (χ3n) is 2.55. The Morgan fingerprint density at radius 1 is 1.06 bits per heavy atom. The molecule has 0 aliphatic heterocycles. The van der Waals surface area contributed by atoms with Gasteiger partial charge >= 0.3 is 0 Å². The van der Waals surface area contributed by atoms with Crippen LogP contribution in [0.25, 0.3) is 0 Å². The second-order valence-electron chi connectivity index (χ2n) is 3.89. The molecule has 0 fully saturated rings. The number of phenolic OH excluding ortho intramolecular Hbond substituents is 1. The monoisotopic (exact) mass is 308 g/mol. The molecule has 94 valence electrons. The molecule has 0 aliphatic carbocycles. The number of nitrogen functional groups attached to an aromatic ring is 2. The Morgan fingerprint density at radius 3 is 2.39 bits per heavy atom. The van der Waals surface area contributed by atoms with Gasteiger partial charge in [-0.3, -0.25) is 0 Å². The fourth-order valence-corrected chi connectivity index (χ4v) is 2.00. The summed E-state index contributed by atoms with van der Waals surface area (Å²) in [5, 5.41) is 9.20. The Hall–Kier alpha value is -1.82. The normalized spacial score (nSPS) is 10.5. The predicted molar refractivity (Wildman–Crippen MR) is 74.1 cm³/mol. The van der Waals surface area contributed by atoms with Crippen molar-refractivity contribution >= 4 is 27.7 Å². The molecule has 0 radical (unpaired) electrons. The number of aryl methyl sites for hydroxylation is 2. The summed E-state index contributed by atoms with van der Waals surface area (Å²) in [6.07, 6.45) is 1.48. The molecule has 18 heavy (non-hydrogen) atoms. The predicted octanol–water partition coefficient (Wildman–Crippen LogP) is 1.89. The number of benzene rings is 1. The second-order valence-corrected chi connectivity index (χ2v) is 4.69. The van der Waals surface area contributed by atoms with Gasteiger partial charge in [0, 0.05) is 0 Å². The number of rotatable bonds is 3. The van der Waals surface area contributed by atoms with Gasteiger partial charge in [0.1, 0.15) is 11.6 Å². The van der Waals surface area contributed by atoms with E-state index in [1.165, 1.54) is 0 Å². The SMILES string of the molecule is Nc1nc(N)c(Br)c(CCc2ccc(O)cc2)n1. The van der Waals surface area contributed by atoms with Crippen LogP contribution in [-0.2, 0) is 12.8 Å². The minimum atomic E-state index is 0.177. The summed E-state index contributed by atoms with van der Waals surface area (Å²) >= 11 is 3.35. The highest BCUT2D eigenvalue weighted by molar-refractivity contribution is 9.10. The van der Waals surface area contributed by atoms with Gasteiger partial charge in [-0.25, -0.2) is 4.98 Å². The largest absolute Gasteiger partial charge is 0.508 e. The lowest BCUT2D eigenvalue weighted by Gasteiger charge is -2.07. The van der Waals surface area contributed by atoms with Crippen LogP contribution < -0.4 is 11.5 Å². The van der Waals surface area contributed by atoms with Crippen molar-refractivity contribution in [1.29, 1.82) is 0 Å². The number of aromatic hydroxyl groups is 1. The molecule has 0 amide bonds. The molecular formula is C12H13BrN4O. The summed E-state index contributed by atoms with van der Waals surface area (Å²) in [7, 11) is 0. The van der Waals surface area contributed by atoms with E-state index in [4.69, 9.17) is 11.5 Å². The average molecular weight is 309 g/mol. The topological polar surface area (TPSA) is 98.0 Å². The van der Waals surface area contributed by atoms with Crippen LogP contribution in [-0.4, -0.2) is 15.1 Å². The van der Waals surface area contributed by atoms with E-state index >= 15 is 0 Å². The minimum Gasteiger partial charge on any atom is -0.508 e. The summed E-state index contributed by atoms with van der Waals surface area (Å²) in [5.41, 5.74) is 13.2. The van der Waals surface area contributed by atoms with E-state index in [-0.39, 0.29) is 11.7 Å². The van der Waals surface area contributed by atoms with Crippen molar-refractivity contribution < 1.29 is 5.11 Å². The third-order valence-corrected chi connectivity index (χ3v) is 3.41. The maximum absolute atomic E-state index is 9.20. The first kappa shape index (κ1) is 12.6. The molecule has 1 aromatic heterocycles. The van der Waals surface area contributed by atoms with Crippen LogP contribution in [0, 0.1) is 0 Å². The van der Waals surface area contributed by atoms with Gasteiger partial charge in [-0.2, -0.15) is 4.98 Å². The van der Waals surface area contributed by atoms with Crippen molar-refractivity contribution in [3.63, 3.8) is 0 Å². The van der Waals surface area contributed by atoms with E-state index < -0.39 is 0 Å². The molecule has 0 atom stereocenters. The number of nitrogens with zero attached hydrogens (tertiary/aromatic N) is 2. The van der Waals surface area contributed by atoms with E-state index in [0.717, 1.165) is 17.7 Å². The molecule has 5 N–H and O–H groups in total. The fourth-order valence-electron chi connectivity index (χ4n) is 1.62. The summed E-state index contributed by atoms with van der Waals surface area (Å²) in [6, 6.07) is 7.06. The van der Waals surface area contributed by atoms with Gasteiger partial charge in [-0.05, 0) is 46.5 Å². The highest BCUT2D eigenvalue weighted by Gasteiger charge is 2.08. The zero-order chi connectivity index (χ0) is 13.1. The maximum atomic E-state index is 9.20. The molecule has 0 aliphatic rings. The van der Waals surface area contributed by atoms with Crippen LogP contribution in [0.4, 0.5) is 11.8 Å². The molecule has 0 saturated heterocycles. The van der Waals surface area contributed by atoms with E-state index in [2.05, 4.69) is 25.9 Å². The molecule has 5 nitrogen and oxygen atoms in total. The Morgan fingerprint density at radius 2 is 1.72 bits per heavy atom. The van der Waals surface area contributed by atoms with E-state index in [0.29, 0.717) is 16.7 Å². The number of anilines is 2. The molecule has 0 spiro atoms. The van der Waals surface area contributed by atoms with Gasteiger partial charge in [0.25, 0.3) is 0 Å². The summed E-state index contributed by atoms with van der Waals surface area (Å²) < 4.78 is 0.690. The van der Waals surface area contributed by atoms with E-state index in [9.17, 15) is 5.11 Å². The number of halogens is 1. The first-order chi connectivity index (χ1) is 8.56. The highest BCUT2D eigenvalue weighted by atomic mass is 79.9. The summed E-state index contributed by atoms with van der Waals surface area (Å²) in [5.74, 6) is 0.787. The van der Waals surface area contributed by atoms with Gasteiger partial charge in [0.2, 0.25) is 5.95 Å². The van der Waals surface area contributed by atoms with Gasteiger partial charge in [0.05, 0.1) is 10.2 Å². The fraction of sp³-hybridized carbons (Fsp3) is 0.167. The van der Waals surface area contributed by atoms with Gasteiger partial charge < -0.3 is 16.6 Å². The quantitative estimate of drug-likeness (QED) is 0.804. The minimum absolute atomic E-state index is 0.177. The second kappa shape index (κ2) is 5.22. The lowest BCUT2D eigenvalue weighted by molar-refractivity contribution is 0.475. The zero-order valence-electron chi connectivity index (χ0n) is 9.60. The highest BCUT2D eigenvalue weighted by Crippen LogP contribution is 2.23. The number of hydrogen-bond acceptors (Lipinski definition) is 5. The molecule has 6 heteroatoms. The van der Waals surface area contributed by atoms with Crippen LogP contribution in [0.3, 0.4) is 0 Å². The number of aromatic nitrogens is 2. The van der Waals surface area contributed by atoms with Crippen LogP contribution in [0.1, 0.15) is 11.3 Å². The molecule has 0 unspecified atom stereocenters. The Kier molecular flexibility index (Phi) is 3.66. The van der Waals surface area contributed by atoms with Crippen molar-refractivity contribution in [3.8, 4) is 5.75 Å². The molecule has 2 rings (SSSR count). The molecular weight excluding hydrogens is 296 g/mol. The molecule has 0 saturated carbocycles. The lowest BCUT2D eigenvalue weighted by Crippen LogP contribution is -2.06. The van der Waals surface area contributed by atoms with E-state index in [1.807, 2.05) is 12.1 Å². The number of hydrogen-bond donors (Lipinski definition) is 3. The van der Waals surface area contributed by atoms with Gasteiger partial charge in [-0.15, -0.1) is 0 Å². The Bertz CT molecular complexity index is 557. The number of nitrogens with two attached hydrogens (primary N) is 2. The van der Waals surface area contributed by atoms with Crippen molar-refractivity contribution in [1.82, 2.24) is 9.97 Å². The molecule has 0 bridgehead atoms. The Balaban J connectivity index is 2.13. The first-order valence-electron chi connectivity index (χ1n) is 5.41. The summed E-state index contributed by atoms with van der Waals surface area (Å²) in [4.78, 5) is 8.02. The van der Waals surface area contributed by atoms with Crippen molar-refractivity contribution in [3.05, 3.63) is 40.0 Å². The zero-order valence-corrected chi connectivity index (χ0v) is 11.2. The van der Waals surface area contributed by atoms with E-state index in [1.54, 1.807) is 12.1 Å².